The summed E-state index contributed by atoms with van der Waals surface area (Å²) >= 11 is 1.37. The van der Waals surface area contributed by atoms with Crippen LogP contribution < -0.4 is 10.5 Å². The van der Waals surface area contributed by atoms with Crippen molar-refractivity contribution in [2.75, 3.05) is 12.4 Å². The number of hydrogen-bond acceptors (Lipinski definition) is 7. The van der Waals surface area contributed by atoms with Crippen molar-refractivity contribution in [3.05, 3.63) is 29.3 Å². The van der Waals surface area contributed by atoms with Gasteiger partial charge in [0.2, 0.25) is 15.2 Å². The Kier molecular flexibility index (Phi) is 4.33. The summed E-state index contributed by atoms with van der Waals surface area (Å²) in [6.45, 7) is 1.88. The van der Waals surface area contributed by atoms with Crippen LogP contribution in [0.2, 0.25) is 0 Å². The molecule has 0 bridgehead atoms. The fourth-order valence-electron chi connectivity index (χ4n) is 1.40. The molecule has 1 atom stereocenters. The van der Waals surface area contributed by atoms with Gasteiger partial charge in [-0.15, -0.1) is 10.2 Å². The van der Waals surface area contributed by atoms with Gasteiger partial charge in [0, 0.05) is 12.8 Å². The van der Waals surface area contributed by atoms with Crippen LogP contribution >= 0.6 is 11.3 Å². The Balaban J connectivity index is 2.12. The Morgan fingerprint density at radius 2 is 1.95 bits per heavy atom. The second-order valence-electron chi connectivity index (χ2n) is 4.02. The van der Waals surface area contributed by atoms with E-state index in [1.165, 1.54) is 23.5 Å². The molecular weight excluding hydrogens is 300 g/mol. The van der Waals surface area contributed by atoms with Crippen LogP contribution in [0.3, 0.4) is 0 Å². The zero-order chi connectivity index (χ0) is 14.8. The number of hydrogen-bond donors (Lipinski definition) is 2. The molecule has 0 aliphatic carbocycles. The number of anilines is 2. The van der Waals surface area contributed by atoms with Gasteiger partial charge in [-0.3, -0.25) is 0 Å². The van der Waals surface area contributed by atoms with Crippen molar-refractivity contribution >= 4 is 32.2 Å². The van der Waals surface area contributed by atoms with Gasteiger partial charge >= 0.3 is 0 Å². The first kappa shape index (κ1) is 14.9. The lowest BCUT2D eigenvalue weighted by Gasteiger charge is -2.04. The first-order valence-electron chi connectivity index (χ1n) is 5.66. The number of nitrogens with zero attached hydrogens (tertiary/aromatic N) is 2. The monoisotopic (exact) mass is 314 g/mol. The van der Waals surface area contributed by atoms with Crippen LogP contribution in [-0.2, 0) is 14.8 Å². The fraction of sp³-hybridized carbons (Fsp3) is 0.273. The van der Waals surface area contributed by atoms with E-state index < -0.39 is 10.0 Å². The number of sulfonamides is 1. The minimum Gasteiger partial charge on any atom is -0.374 e. The summed E-state index contributed by atoms with van der Waals surface area (Å²) in [6, 6.07) is 6.08. The maximum Gasteiger partial charge on any atom is 0.238 e. The first-order chi connectivity index (χ1) is 9.40. The van der Waals surface area contributed by atoms with Crippen molar-refractivity contribution in [1.82, 2.24) is 10.2 Å². The van der Waals surface area contributed by atoms with Crippen LogP contribution in [0.25, 0.3) is 0 Å². The van der Waals surface area contributed by atoms with Gasteiger partial charge in [0.25, 0.3) is 0 Å². The molecule has 0 radical (unpaired) electrons. The van der Waals surface area contributed by atoms with Gasteiger partial charge in [0.05, 0.1) is 4.90 Å². The van der Waals surface area contributed by atoms with Crippen LogP contribution in [0.1, 0.15) is 18.0 Å². The summed E-state index contributed by atoms with van der Waals surface area (Å²) in [5.74, 6) is 0. The van der Waals surface area contributed by atoms with E-state index in [0.29, 0.717) is 10.8 Å². The van der Waals surface area contributed by atoms with Gasteiger partial charge in [-0.2, -0.15) is 0 Å². The van der Waals surface area contributed by atoms with Crippen LogP contribution in [0.5, 0.6) is 0 Å². The Morgan fingerprint density at radius 3 is 2.50 bits per heavy atom. The predicted molar refractivity (Wildman–Crippen MR) is 76.4 cm³/mol. The third-order valence-corrected chi connectivity index (χ3v) is 4.51. The number of rotatable bonds is 5. The van der Waals surface area contributed by atoms with E-state index in [4.69, 9.17) is 9.88 Å². The minimum atomic E-state index is -3.67. The molecule has 108 valence electrons. The highest BCUT2D eigenvalue weighted by Crippen LogP contribution is 2.26. The van der Waals surface area contributed by atoms with Gasteiger partial charge in [-0.05, 0) is 31.2 Å². The molecule has 2 rings (SSSR count). The number of nitrogens with two attached hydrogens (primary N) is 1. The number of methoxy groups -OCH3 is 1. The number of aromatic nitrogens is 2. The quantitative estimate of drug-likeness (QED) is 0.868. The Labute approximate surface area is 120 Å². The molecule has 0 fully saturated rings. The number of primary sulfonamides is 1. The molecule has 3 N–H and O–H groups in total. The van der Waals surface area contributed by atoms with Crippen molar-refractivity contribution in [2.24, 2.45) is 5.14 Å². The maximum absolute atomic E-state index is 11.1. The van der Waals surface area contributed by atoms with Crippen LogP contribution in [-0.4, -0.2) is 25.7 Å². The Morgan fingerprint density at radius 1 is 1.30 bits per heavy atom. The zero-order valence-corrected chi connectivity index (χ0v) is 12.5. The summed E-state index contributed by atoms with van der Waals surface area (Å²) in [5.41, 5.74) is 0.699. The molecular formula is C11H14N4O3S2. The molecule has 0 saturated carbocycles. The van der Waals surface area contributed by atoms with E-state index in [9.17, 15) is 8.42 Å². The van der Waals surface area contributed by atoms with E-state index >= 15 is 0 Å². The number of nitrogens with one attached hydrogen (secondary N) is 1. The lowest BCUT2D eigenvalue weighted by Crippen LogP contribution is -2.11. The largest absolute Gasteiger partial charge is 0.374 e. The molecule has 1 heterocycles. The number of ether oxygens (including phenoxy) is 1. The average molecular weight is 314 g/mol. The molecule has 20 heavy (non-hydrogen) atoms. The standard InChI is InChI=1S/C11H14N4O3S2/c1-7(18-2)10-14-15-11(19-10)13-8-3-5-9(6-4-8)20(12,16)17/h3-7H,1-2H3,(H,13,15)(H2,12,16,17). The summed E-state index contributed by atoms with van der Waals surface area (Å²) < 4.78 is 27.4. The Hall–Kier alpha value is -1.55. The van der Waals surface area contributed by atoms with Crippen molar-refractivity contribution in [3.63, 3.8) is 0 Å². The summed E-state index contributed by atoms with van der Waals surface area (Å²) in [4.78, 5) is 0.0639. The molecule has 1 aromatic carbocycles. The average Bonchev–Trinajstić information content (AvgIpc) is 2.86. The zero-order valence-electron chi connectivity index (χ0n) is 10.9. The normalized spacial score (nSPS) is 13.2. The second kappa shape index (κ2) is 5.83. The SMILES string of the molecule is COC(C)c1nnc(Nc2ccc(S(N)(=O)=O)cc2)s1. The molecule has 9 heteroatoms. The van der Waals surface area contributed by atoms with Crippen LogP contribution in [0.15, 0.2) is 29.2 Å². The minimum absolute atomic E-state index is 0.0639. The lowest BCUT2D eigenvalue weighted by molar-refractivity contribution is 0.118. The van der Waals surface area contributed by atoms with E-state index in [1.54, 1.807) is 19.2 Å². The van der Waals surface area contributed by atoms with Gasteiger partial charge in [0.15, 0.2) is 0 Å². The molecule has 0 aliphatic heterocycles. The highest BCUT2D eigenvalue weighted by molar-refractivity contribution is 7.89. The van der Waals surface area contributed by atoms with E-state index in [1.807, 2.05) is 6.92 Å². The van der Waals surface area contributed by atoms with E-state index in [-0.39, 0.29) is 11.0 Å². The highest BCUT2D eigenvalue weighted by Gasteiger charge is 2.11. The molecule has 1 aromatic heterocycles. The van der Waals surface area contributed by atoms with Crippen molar-refractivity contribution in [3.8, 4) is 0 Å². The molecule has 7 nitrogen and oxygen atoms in total. The van der Waals surface area contributed by atoms with Crippen molar-refractivity contribution in [1.29, 1.82) is 0 Å². The second-order valence-corrected chi connectivity index (χ2v) is 6.59. The van der Waals surface area contributed by atoms with Gasteiger partial charge < -0.3 is 10.1 Å². The summed E-state index contributed by atoms with van der Waals surface area (Å²) in [6.07, 6.45) is -0.118. The number of benzene rings is 1. The third-order valence-electron chi connectivity index (χ3n) is 2.58. The van der Waals surface area contributed by atoms with Crippen molar-refractivity contribution < 1.29 is 13.2 Å². The van der Waals surface area contributed by atoms with E-state index in [0.717, 1.165) is 5.01 Å². The highest BCUT2D eigenvalue weighted by atomic mass is 32.2. The molecule has 1 unspecified atom stereocenters. The maximum atomic E-state index is 11.1. The fourth-order valence-corrected chi connectivity index (χ4v) is 2.71. The molecule has 0 spiro atoms. The summed E-state index contributed by atoms with van der Waals surface area (Å²) in [5, 5.41) is 17.4. The Bertz CT molecular complexity index is 682. The molecule has 0 saturated heterocycles. The first-order valence-corrected chi connectivity index (χ1v) is 8.02. The molecule has 2 aromatic rings. The van der Waals surface area contributed by atoms with E-state index in [2.05, 4.69) is 15.5 Å². The van der Waals surface area contributed by atoms with Gasteiger partial charge in [-0.1, -0.05) is 11.3 Å². The smallest absolute Gasteiger partial charge is 0.238 e. The summed E-state index contributed by atoms with van der Waals surface area (Å²) in [7, 11) is -2.07. The molecule has 0 amide bonds. The van der Waals surface area contributed by atoms with Crippen LogP contribution in [0, 0.1) is 0 Å². The van der Waals surface area contributed by atoms with Gasteiger partial charge in [-0.25, -0.2) is 13.6 Å². The topological polar surface area (TPSA) is 107 Å². The van der Waals surface area contributed by atoms with Crippen molar-refractivity contribution in [2.45, 2.75) is 17.9 Å². The molecule has 0 aliphatic rings. The van der Waals surface area contributed by atoms with Crippen LogP contribution in [0.4, 0.5) is 10.8 Å². The third kappa shape index (κ3) is 3.51. The van der Waals surface area contributed by atoms with Gasteiger partial charge in [0.1, 0.15) is 11.1 Å². The predicted octanol–water partition coefficient (Wildman–Crippen LogP) is 1.64. The lowest BCUT2D eigenvalue weighted by atomic mass is 10.3.